The zero-order chi connectivity index (χ0) is 10.7. The van der Waals surface area contributed by atoms with Crippen LogP contribution >= 0.6 is 11.6 Å². The van der Waals surface area contributed by atoms with Gasteiger partial charge in [-0.2, -0.15) is 0 Å². The second-order valence-corrected chi connectivity index (χ2v) is 3.36. The van der Waals surface area contributed by atoms with Crippen molar-refractivity contribution >= 4 is 28.9 Å². The molecule has 0 aliphatic rings. The van der Waals surface area contributed by atoms with Crippen molar-refractivity contribution in [3.05, 3.63) is 41.4 Å². The lowest BCUT2D eigenvalue weighted by atomic mass is 10.3. The van der Waals surface area contributed by atoms with Gasteiger partial charge < -0.3 is 11.1 Å². The molecule has 0 atom stereocenters. The summed E-state index contributed by atoms with van der Waals surface area (Å²) in [6, 6.07) is 10.8. The lowest BCUT2D eigenvalue weighted by Crippen LogP contribution is -1.98. The molecule has 2 aromatic rings. The van der Waals surface area contributed by atoms with Gasteiger partial charge in [-0.3, -0.25) is 0 Å². The Hall–Kier alpha value is -1.81. The molecule has 0 radical (unpaired) electrons. The number of nitrogens with zero attached hydrogens (tertiary/aromatic N) is 2. The summed E-state index contributed by atoms with van der Waals surface area (Å²) in [7, 11) is 0. The molecule has 0 bridgehead atoms. The number of para-hydroxylation sites is 1. The van der Waals surface area contributed by atoms with E-state index in [-0.39, 0.29) is 0 Å². The Morgan fingerprint density at radius 1 is 1.07 bits per heavy atom. The van der Waals surface area contributed by atoms with Crippen LogP contribution in [-0.4, -0.2) is 10.2 Å². The van der Waals surface area contributed by atoms with Crippen molar-refractivity contribution in [3.63, 3.8) is 0 Å². The number of nitrogens with one attached hydrogen (secondary N) is 1. The topological polar surface area (TPSA) is 63.8 Å². The minimum atomic E-state index is 0.389. The lowest BCUT2D eigenvalue weighted by Gasteiger charge is -2.06. The summed E-state index contributed by atoms with van der Waals surface area (Å²) in [6.07, 6.45) is 0. The zero-order valence-corrected chi connectivity index (χ0v) is 8.57. The second kappa shape index (κ2) is 4.14. The van der Waals surface area contributed by atoms with E-state index in [1.54, 1.807) is 18.2 Å². The van der Waals surface area contributed by atoms with Gasteiger partial charge in [0.15, 0.2) is 5.82 Å². The van der Waals surface area contributed by atoms with Gasteiger partial charge in [-0.05, 0) is 24.3 Å². The SMILES string of the molecule is Nc1ccc(Nc2ccccc2Cl)nn1. The maximum atomic E-state index is 5.97. The number of anilines is 3. The predicted octanol–water partition coefficient (Wildman–Crippen LogP) is 2.46. The van der Waals surface area contributed by atoms with Crippen LogP contribution in [0.3, 0.4) is 0 Å². The summed E-state index contributed by atoms with van der Waals surface area (Å²) in [4.78, 5) is 0. The summed E-state index contributed by atoms with van der Waals surface area (Å²) in [5, 5.41) is 11.3. The fourth-order valence-electron chi connectivity index (χ4n) is 1.11. The van der Waals surface area contributed by atoms with E-state index in [1.807, 2.05) is 18.2 Å². The van der Waals surface area contributed by atoms with Gasteiger partial charge in [-0.15, -0.1) is 10.2 Å². The average Bonchev–Trinajstić information content (AvgIpc) is 2.25. The van der Waals surface area contributed by atoms with Gasteiger partial charge in [0.25, 0.3) is 0 Å². The van der Waals surface area contributed by atoms with E-state index in [4.69, 9.17) is 17.3 Å². The monoisotopic (exact) mass is 220 g/mol. The third-order valence-electron chi connectivity index (χ3n) is 1.82. The van der Waals surface area contributed by atoms with Crippen LogP contribution in [0.25, 0.3) is 0 Å². The Morgan fingerprint density at radius 3 is 2.53 bits per heavy atom. The molecule has 0 spiro atoms. The van der Waals surface area contributed by atoms with Crippen molar-refractivity contribution in [3.8, 4) is 0 Å². The van der Waals surface area contributed by atoms with Crippen LogP contribution in [0.5, 0.6) is 0 Å². The van der Waals surface area contributed by atoms with Crippen molar-refractivity contribution in [2.75, 3.05) is 11.1 Å². The molecular weight excluding hydrogens is 212 g/mol. The molecule has 0 unspecified atom stereocenters. The number of benzene rings is 1. The van der Waals surface area contributed by atoms with Crippen LogP contribution < -0.4 is 11.1 Å². The Balaban J connectivity index is 2.22. The largest absolute Gasteiger partial charge is 0.382 e. The van der Waals surface area contributed by atoms with Crippen LogP contribution in [0, 0.1) is 0 Å². The molecule has 0 amide bonds. The molecule has 0 fully saturated rings. The van der Waals surface area contributed by atoms with E-state index < -0.39 is 0 Å². The van der Waals surface area contributed by atoms with Gasteiger partial charge in [-0.1, -0.05) is 23.7 Å². The lowest BCUT2D eigenvalue weighted by molar-refractivity contribution is 1.05. The van der Waals surface area contributed by atoms with Crippen LogP contribution in [0.15, 0.2) is 36.4 Å². The highest BCUT2D eigenvalue weighted by atomic mass is 35.5. The summed E-state index contributed by atoms with van der Waals surface area (Å²) < 4.78 is 0. The minimum absolute atomic E-state index is 0.389. The Bertz CT molecular complexity index is 455. The van der Waals surface area contributed by atoms with Gasteiger partial charge in [0.2, 0.25) is 0 Å². The second-order valence-electron chi connectivity index (χ2n) is 2.95. The number of rotatable bonds is 2. The Kier molecular flexibility index (Phi) is 2.69. The number of aromatic nitrogens is 2. The summed E-state index contributed by atoms with van der Waals surface area (Å²) in [5.41, 5.74) is 6.21. The molecule has 2 rings (SSSR count). The molecule has 5 heteroatoms. The van der Waals surface area contributed by atoms with E-state index in [9.17, 15) is 0 Å². The van der Waals surface area contributed by atoms with Crippen molar-refractivity contribution in [1.29, 1.82) is 0 Å². The number of hydrogen-bond donors (Lipinski definition) is 2. The van der Waals surface area contributed by atoms with Crippen molar-refractivity contribution in [1.82, 2.24) is 10.2 Å². The minimum Gasteiger partial charge on any atom is -0.382 e. The van der Waals surface area contributed by atoms with Gasteiger partial charge in [0.05, 0.1) is 10.7 Å². The van der Waals surface area contributed by atoms with Crippen LogP contribution in [0.2, 0.25) is 5.02 Å². The van der Waals surface area contributed by atoms with Gasteiger partial charge >= 0.3 is 0 Å². The predicted molar refractivity (Wildman–Crippen MR) is 61.2 cm³/mol. The molecule has 4 nitrogen and oxygen atoms in total. The number of hydrogen-bond acceptors (Lipinski definition) is 4. The van der Waals surface area contributed by atoms with E-state index >= 15 is 0 Å². The maximum Gasteiger partial charge on any atom is 0.153 e. The highest BCUT2D eigenvalue weighted by Gasteiger charge is 2.00. The van der Waals surface area contributed by atoms with Gasteiger partial charge in [0, 0.05) is 0 Å². The van der Waals surface area contributed by atoms with E-state index in [1.165, 1.54) is 0 Å². The average molecular weight is 221 g/mol. The maximum absolute atomic E-state index is 5.97. The molecule has 76 valence electrons. The molecule has 0 saturated heterocycles. The Morgan fingerprint density at radius 2 is 1.87 bits per heavy atom. The van der Waals surface area contributed by atoms with Crippen molar-refractivity contribution in [2.45, 2.75) is 0 Å². The molecular formula is C10H9ClN4. The third-order valence-corrected chi connectivity index (χ3v) is 2.15. The quantitative estimate of drug-likeness (QED) is 0.816. The molecule has 1 heterocycles. The first-order chi connectivity index (χ1) is 7.25. The highest BCUT2D eigenvalue weighted by Crippen LogP contribution is 2.23. The standard InChI is InChI=1S/C10H9ClN4/c11-7-3-1-2-4-8(7)13-10-6-5-9(12)14-15-10/h1-6H,(H2,12,14)(H,13,15). The molecule has 0 saturated carbocycles. The van der Waals surface area contributed by atoms with Gasteiger partial charge in [-0.25, -0.2) is 0 Å². The first kappa shape index (κ1) is 9.73. The van der Waals surface area contributed by atoms with Crippen molar-refractivity contribution < 1.29 is 0 Å². The van der Waals surface area contributed by atoms with Crippen LogP contribution in [-0.2, 0) is 0 Å². The molecule has 0 aliphatic carbocycles. The molecule has 15 heavy (non-hydrogen) atoms. The number of nitrogens with two attached hydrogens (primary N) is 1. The van der Waals surface area contributed by atoms with E-state index in [0.717, 1.165) is 5.69 Å². The first-order valence-electron chi connectivity index (χ1n) is 4.36. The van der Waals surface area contributed by atoms with Crippen molar-refractivity contribution in [2.24, 2.45) is 0 Å². The van der Waals surface area contributed by atoms with Crippen LogP contribution in [0.4, 0.5) is 17.3 Å². The fourth-order valence-corrected chi connectivity index (χ4v) is 1.29. The highest BCUT2D eigenvalue weighted by molar-refractivity contribution is 6.33. The molecule has 0 aliphatic heterocycles. The zero-order valence-electron chi connectivity index (χ0n) is 7.81. The van der Waals surface area contributed by atoms with E-state index in [0.29, 0.717) is 16.7 Å². The van der Waals surface area contributed by atoms with Gasteiger partial charge in [0.1, 0.15) is 5.82 Å². The summed E-state index contributed by atoms with van der Waals surface area (Å²) in [6.45, 7) is 0. The number of nitrogen functional groups attached to an aromatic ring is 1. The summed E-state index contributed by atoms with van der Waals surface area (Å²) in [5.74, 6) is 0.997. The third kappa shape index (κ3) is 2.35. The Labute approximate surface area is 92.1 Å². The molecule has 1 aromatic heterocycles. The molecule has 1 aromatic carbocycles. The smallest absolute Gasteiger partial charge is 0.153 e. The van der Waals surface area contributed by atoms with E-state index in [2.05, 4.69) is 15.5 Å². The number of halogens is 1. The molecule has 3 N–H and O–H groups in total. The summed E-state index contributed by atoms with van der Waals surface area (Å²) >= 11 is 5.97. The fraction of sp³-hybridized carbons (Fsp3) is 0. The normalized spacial score (nSPS) is 9.93. The van der Waals surface area contributed by atoms with Crippen LogP contribution in [0.1, 0.15) is 0 Å². The first-order valence-corrected chi connectivity index (χ1v) is 4.74.